The SMILES string of the molecule is O=C1COc2ccc(N3C[C@@H](CNCCCn4c(=O)cnc5ccc(OC(F)F)cc54)CC3=O)nc2N1. The summed E-state index contributed by atoms with van der Waals surface area (Å²) in [4.78, 5) is 46.5. The van der Waals surface area contributed by atoms with Crippen molar-refractivity contribution in [1.29, 1.82) is 0 Å². The molecule has 37 heavy (non-hydrogen) atoms. The predicted molar refractivity (Wildman–Crippen MR) is 129 cm³/mol. The third-order valence-corrected chi connectivity index (χ3v) is 6.15. The highest BCUT2D eigenvalue weighted by Crippen LogP contribution is 2.31. The van der Waals surface area contributed by atoms with E-state index in [1.807, 2.05) is 0 Å². The molecule has 1 saturated heterocycles. The minimum absolute atomic E-state index is 0.0412. The molecule has 0 radical (unpaired) electrons. The number of aryl methyl sites for hydroxylation is 1. The van der Waals surface area contributed by atoms with E-state index in [1.165, 1.54) is 29.0 Å². The van der Waals surface area contributed by atoms with Gasteiger partial charge in [-0.05, 0) is 43.1 Å². The molecule has 0 spiro atoms. The highest BCUT2D eigenvalue weighted by molar-refractivity contribution is 5.97. The van der Waals surface area contributed by atoms with E-state index in [0.717, 1.165) is 0 Å². The summed E-state index contributed by atoms with van der Waals surface area (Å²) >= 11 is 0. The standard InChI is InChI=1S/C24H24F2N6O5/c25-24(26)37-15-2-3-16-17(9-15)31(22(35)11-28-16)7-1-6-27-10-14-8-21(34)32(12-14)19-5-4-18-23(29-19)30-20(33)13-36-18/h2-5,9,11,14,24,27H,1,6-8,10,12-13H2,(H,29,30,33)/t14-/m1/s1. The van der Waals surface area contributed by atoms with E-state index in [4.69, 9.17) is 4.74 Å². The molecule has 0 aliphatic carbocycles. The van der Waals surface area contributed by atoms with Crippen LogP contribution in [0.3, 0.4) is 0 Å². The normalized spacial score (nSPS) is 17.2. The summed E-state index contributed by atoms with van der Waals surface area (Å²) in [5.74, 6) is 0.892. The molecule has 2 aliphatic heterocycles. The number of alkyl halides is 2. The van der Waals surface area contributed by atoms with E-state index in [0.29, 0.717) is 67.4 Å². The first-order valence-electron chi connectivity index (χ1n) is 11.8. The monoisotopic (exact) mass is 514 g/mol. The number of ether oxygens (including phenoxy) is 2. The zero-order valence-electron chi connectivity index (χ0n) is 19.7. The lowest BCUT2D eigenvalue weighted by Crippen LogP contribution is -2.30. The van der Waals surface area contributed by atoms with Crippen LogP contribution in [-0.2, 0) is 16.1 Å². The van der Waals surface area contributed by atoms with Crippen LogP contribution >= 0.6 is 0 Å². The number of hydrogen-bond donors (Lipinski definition) is 2. The number of amides is 2. The molecular weight excluding hydrogens is 490 g/mol. The second kappa shape index (κ2) is 10.5. The Hall–Kier alpha value is -4.13. The smallest absolute Gasteiger partial charge is 0.387 e. The number of carbonyl (C=O) groups excluding carboxylic acids is 2. The van der Waals surface area contributed by atoms with Crippen LogP contribution in [0.25, 0.3) is 11.0 Å². The van der Waals surface area contributed by atoms with Crippen molar-refractivity contribution in [1.82, 2.24) is 19.9 Å². The second-order valence-electron chi connectivity index (χ2n) is 8.76. The lowest BCUT2D eigenvalue weighted by molar-refractivity contribution is -0.119. The van der Waals surface area contributed by atoms with Crippen molar-refractivity contribution in [3.8, 4) is 11.5 Å². The van der Waals surface area contributed by atoms with Crippen molar-refractivity contribution in [2.45, 2.75) is 26.0 Å². The molecule has 1 atom stereocenters. The highest BCUT2D eigenvalue weighted by Gasteiger charge is 2.32. The maximum absolute atomic E-state index is 12.6. The number of pyridine rings is 1. The number of nitrogens with one attached hydrogen (secondary N) is 2. The topological polar surface area (TPSA) is 128 Å². The van der Waals surface area contributed by atoms with Gasteiger partial charge in [0.05, 0.1) is 17.2 Å². The fourth-order valence-corrected chi connectivity index (χ4v) is 4.46. The Morgan fingerprint density at radius 3 is 2.92 bits per heavy atom. The van der Waals surface area contributed by atoms with E-state index in [-0.39, 0.29) is 35.6 Å². The zero-order valence-corrected chi connectivity index (χ0v) is 19.7. The molecule has 3 aromatic rings. The summed E-state index contributed by atoms with van der Waals surface area (Å²) in [6.07, 6.45) is 2.15. The number of rotatable bonds is 9. The average Bonchev–Trinajstić information content (AvgIpc) is 3.24. The van der Waals surface area contributed by atoms with E-state index in [9.17, 15) is 23.2 Å². The molecule has 4 heterocycles. The summed E-state index contributed by atoms with van der Waals surface area (Å²) in [6.45, 7) is -1.03. The second-order valence-corrected chi connectivity index (χ2v) is 8.76. The van der Waals surface area contributed by atoms with Crippen LogP contribution in [0.15, 0.2) is 41.3 Å². The first kappa shape index (κ1) is 24.6. The highest BCUT2D eigenvalue weighted by atomic mass is 19.3. The molecule has 1 fully saturated rings. The predicted octanol–water partition coefficient (Wildman–Crippen LogP) is 1.76. The van der Waals surface area contributed by atoms with Gasteiger partial charge in [0.2, 0.25) is 5.91 Å². The maximum atomic E-state index is 12.6. The number of hydrogen-bond acceptors (Lipinski definition) is 8. The van der Waals surface area contributed by atoms with Crippen LogP contribution in [0.2, 0.25) is 0 Å². The Morgan fingerprint density at radius 1 is 1.22 bits per heavy atom. The molecule has 2 aromatic heterocycles. The molecule has 2 amide bonds. The molecule has 0 unspecified atom stereocenters. The van der Waals surface area contributed by atoms with Crippen molar-refractivity contribution in [2.75, 3.05) is 36.5 Å². The Labute approximate surface area is 209 Å². The van der Waals surface area contributed by atoms with Gasteiger partial charge in [0, 0.05) is 32.1 Å². The van der Waals surface area contributed by atoms with Crippen LogP contribution < -0.4 is 30.6 Å². The van der Waals surface area contributed by atoms with Gasteiger partial charge in [-0.25, -0.2) is 9.97 Å². The Kier molecular flexibility index (Phi) is 6.95. The molecule has 13 heteroatoms. The van der Waals surface area contributed by atoms with Gasteiger partial charge in [-0.1, -0.05) is 0 Å². The van der Waals surface area contributed by atoms with Gasteiger partial charge in [-0.3, -0.25) is 19.3 Å². The Bertz CT molecular complexity index is 1400. The van der Waals surface area contributed by atoms with Gasteiger partial charge in [0.15, 0.2) is 18.2 Å². The van der Waals surface area contributed by atoms with Gasteiger partial charge in [-0.2, -0.15) is 8.78 Å². The van der Waals surface area contributed by atoms with Crippen molar-refractivity contribution < 1.29 is 27.8 Å². The third-order valence-electron chi connectivity index (χ3n) is 6.15. The fourth-order valence-electron chi connectivity index (χ4n) is 4.46. The molecular formula is C24H24F2N6O5. The fraction of sp³-hybridized carbons (Fsp3) is 0.375. The van der Waals surface area contributed by atoms with E-state index in [2.05, 4.69) is 25.3 Å². The number of benzene rings is 1. The Morgan fingerprint density at radius 2 is 2.08 bits per heavy atom. The summed E-state index contributed by atoms with van der Waals surface area (Å²) in [6, 6.07) is 7.67. The number of anilines is 2. The van der Waals surface area contributed by atoms with Gasteiger partial charge in [0.1, 0.15) is 11.6 Å². The van der Waals surface area contributed by atoms with Crippen molar-refractivity contribution >= 4 is 34.5 Å². The van der Waals surface area contributed by atoms with Gasteiger partial charge < -0.3 is 24.7 Å². The lowest BCUT2D eigenvalue weighted by atomic mass is 10.1. The van der Waals surface area contributed by atoms with Crippen LogP contribution in [-0.4, -0.2) is 59.2 Å². The molecule has 2 aliphatic rings. The Balaban J connectivity index is 1.14. The zero-order chi connectivity index (χ0) is 25.9. The number of aromatic nitrogens is 3. The van der Waals surface area contributed by atoms with E-state index >= 15 is 0 Å². The number of fused-ring (bicyclic) bond motifs is 2. The first-order valence-corrected chi connectivity index (χ1v) is 11.8. The maximum Gasteiger partial charge on any atom is 0.387 e. The van der Waals surface area contributed by atoms with Crippen LogP contribution in [0.4, 0.5) is 20.4 Å². The van der Waals surface area contributed by atoms with Crippen LogP contribution in [0.5, 0.6) is 11.5 Å². The van der Waals surface area contributed by atoms with Crippen molar-refractivity contribution in [2.24, 2.45) is 5.92 Å². The number of halogens is 2. The first-order chi connectivity index (χ1) is 17.9. The molecule has 11 nitrogen and oxygen atoms in total. The van der Waals surface area contributed by atoms with Crippen LogP contribution in [0.1, 0.15) is 12.8 Å². The van der Waals surface area contributed by atoms with E-state index in [1.54, 1.807) is 17.0 Å². The average molecular weight is 514 g/mol. The largest absolute Gasteiger partial charge is 0.480 e. The lowest BCUT2D eigenvalue weighted by Gasteiger charge is -2.21. The minimum Gasteiger partial charge on any atom is -0.480 e. The number of nitrogens with zero attached hydrogens (tertiary/aromatic N) is 4. The van der Waals surface area contributed by atoms with Gasteiger partial charge >= 0.3 is 6.61 Å². The number of carbonyl (C=O) groups is 2. The molecule has 2 N–H and O–H groups in total. The summed E-state index contributed by atoms with van der Waals surface area (Å²) in [7, 11) is 0. The minimum atomic E-state index is -2.96. The van der Waals surface area contributed by atoms with E-state index < -0.39 is 6.61 Å². The third kappa shape index (κ3) is 5.50. The summed E-state index contributed by atoms with van der Waals surface area (Å²) in [5, 5.41) is 5.96. The summed E-state index contributed by atoms with van der Waals surface area (Å²) in [5.41, 5.74) is 0.584. The quantitative estimate of drug-likeness (QED) is 0.414. The van der Waals surface area contributed by atoms with Gasteiger partial charge in [-0.15, -0.1) is 0 Å². The molecule has 0 saturated carbocycles. The van der Waals surface area contributed by atoms with Crippen molar-refractivity contribution in [3.63, 3.8) is 0 Å². The van der Waals surface area contributed by atoms with Gasteiger partial charge in [0.25, 0.3) is 11.5 Å². The van der Waals surface area contributed by atoms with Crippen LogP contribution in [0, 0.1) is 5.92 Å². The molecule has 5 rings (SSSR count). The molecule has 1 aromatic carbocycles. The summed E-state index contributed by atoms with van der Waals surface area (Å²) < 4.78 is 36.4. The van der Waals surface area contributed by atoms with Crippen molar-refractivity contribution in [3.05, 3.63) is 46.9 Å². The molecule has 0 bridgehead atoms. The molecule has 194 valence electrons.